The number of hydrogen-bond acceptors (Lipinski definition) is 4. The minimum atomic E-state index is 0.194. The Labute approximate surface area is 114 Å². The Bertz CT molecular complexity index is 431. The van der Waals surface area contributed by atoms with Gasteiger partial charge in [0.05, 0.1) is 6.61 Å². The molecule has 1 aromatic rings. The van der Waals surface area contributed by atoms with Crippen LogP contribution in [-0.4, -0.2) is 51.0 Å². The number of aliphatic hydroxyl groups is 1. The van der Waals surface area contributed by atoms with E-state index in [1.54, 1.807) is 0 Å². The molecule has 106 valence electrons. The summed E-state index contributed by atoms with van der Waals surface area (Å²) in [6.45, 7) is 2.41. The van der Waals surface area contributed by atoms with Crippen molar-refractivity contribution in [3.05, 3.63) is 11.6 Å². The summed E-state index contributed by atoms with van der Waals surface area (Å²) in [7, 11) is 2.22. The average molecular weight is 264 g/mol. The Morgan fingerprint density at radius 2 is 2.05 bits per heavy atom. The lowest BCUT2D eigenvalue weighted by Gasteiger charge is -2.32. The van der Waals surface area contributed by atoms with E-state index in [9.17, 15) is 5.11 Å². The lowest BCUT2D eigenvalue weighted by Crippen LogP contribution is -2.38. The van der Waals surface area contributed by atoms with E-state index in [1.807, 2.05) is 0 Å². The number of aliphatic hydroxyl groups excluding tert-OH is 1. The van der Waals surface area contributed by atoms with E-state index in [2.05, 4.69) is 26.7 Å². The van der Waals surface area contributed by atoms with E-state index in [0.29, 0.717) is 6.04 Å². The second-order valence-corrected chi connectivity index (χ2v) is 5.98. The van der Waals surface area contributed by atoms with Crippen LogP contribution in [0.5, 0.6) is 0 Å². The molecule has 0 aromatic carbocycles. The number of nitrogens with zero attached hydrogens (tertiary/aromatic N) is 4. The Morgan fingerprint density at radius 1 is 1.16 bits per heavy atom. The molecule has 2 aliphatic heterocycles. The third kappa shape index (κ3) is 2.54. The fourth-order valence-corrected chi connectivity index (χ4v) is 3.46. The van der Waals surface area contributed by atoms with Gasteiger partial charge < -0.3 is 14.6 Å². The van der Waals surface area contributed by atoms with Crippen molar-refractivity contribution >= 4 is 0 Å². The van der Waals surface area contributed by atoms with Gasteiger partial charge in [0.15, 0.2) is 0 Å². The first-order valence-corrected chi connectivity index (χ1v) is 7.52. The maximum Gasteiger partial charge on any atom is 0.138 e. The number of piperidine rings is 1. The molecule has 5 heteroatoms. The molecule has 5 nitrogen and oxygen atoms in total. The highest BCUT2D eigenvalue weighted by molar-refractivity contribution is 5.06. The van der Waals surface area contributed by atoms with Crippen molar-refractivity contribution in [1.29, 1.82) is 0 Å². The van der Waals surface area contributed by atoms with Crippen LogP contribution in [0.3, 0.4) is 0 Å². The quantitative estimate of drug-likeness (QED) is 0.890. The molecule has 1 fully saturated rings. The molecule has 1 saturated heterocycles. The molecule has 0 aliphatic carbocycles. The SMILES string of the molecule is CN1CCCCC1Cc1nnc2n1CCCC2CO. The lowest BCUT2D eigenvalue weighted by molar-refractivity contribution is 0.180. The Hall–Kier alpha value is -0.940. The van der Waals surface area contributed by atoms with Gasteiger partial charge in [0.2, 0.25) is 0 Å². The topological polar surface area (TPSA) is 54.2 Å². The minimum Gasteiger partial charge on any atom is -0.396 e. The van der Waals surface area contributed by atoms with Crippen LogP contribution in [0.15, 0.2) is 0 Å². The maximum atomic E-state index is 9.42. The van der Waals surface area contributed by atoms with Crippen molar-refractivity contribution in [1.82, 2.24) is 19.7 Å². The summed E-state index contributed by atoms with van der Waals surface area (Å²) < 4.78 is 2.26. The molecule has 2 unspecified atom stereocenters. The van der Waals surface area contributed by atoms with Gasteiger partial charge in [-0.1, -0.05) is 6.42 Å². The molecule has 19 heavy (non-hydrogen) atoms. The first-order valence-electron chi connectivity index (χ1n) is 7.52. The van der Waals surface area contributed by atoms with Crippen LogP contribution in [0.2, 0.25) is 0 Å². The van der Waals surface area contributed by atoms with E-state index in [4.69, 9.17) is 0 Å². The van der Waals surface area contributed by atoms with Gasteiger partial charge in [-0.3, -0.25) is 0 Å². The van der Waals surface area contributed by atoms with E-state index < -0.39 is 0 Å². The molecule has 1 aromatic heterocycles. The molecule has 1 N–H and O–H groups in total. The fourth-order valence-electron chi connectivity index (χ4n) is 3.46. The van der Waals surface area contributed by atoms with Crippen molar-refractivity contribution < 1.29 is 5.11 Å². The van der Waals surface area contributed by atoms with Gasteiger partial charge in [0.1, 0.15) is 11.6 Å². The van der Waals surface area contributed by atoms with Crippen LogP contribution in [0.1, 0.15) is 49.7 Å². The van der Waals surface area contributed by atoms with Crippen LogP contribution >= 0.6 is 0 Å². The van der Waals surface area contributed by atoms with Crippen molar-refractivity contribution in [2.24, 2.45) is 0 Å². The third-order valence-electron chi connectivity index (χ3n) is 4.72. The summed E-state index contributed by atoms with van der Waals surface area (Å²) in [6.07, 6.45) is 7.08. The number of fused-ring (bicyclic) bond motifs is 1. The van der Waals surface area contributed by atoms with E-state index in [-0.39, 0.29) is 12.5 Å². The monoisotopic (exact) mass is 264 g/mol. The maximum absolute atomic E-state index is 9.42. The van der Waals surface area contributed by atoms with Gasteiger partial charge in [-0.15, -0.1) is 10.2 Å². The van der Waals surface area contributed by atoms with E-state index in [1.165, 1.54) is 25.8 Å². The van der Waals surface area contributed by atoms with Crippen LogP contribution in [0.4, 0.5) is 0 Å². The van der Waals surface area contributed by atoms with Gasteiger partial charge in [-0.25, -0.2) is 0 Å². The fraction of sp³-hybridized carbons (Fsp3) is 0.857. The summed E-state index contributed by atoms with van der Waals surface area (Å²) >= 11 is 0. The molecule has 0 bridgehead atoms. The van der Waals surface area contributed by atoms with Gasteiger partial charge >= 0.3 is 0 Å². The van der Waals surface area contributed by atoms with Crippen LogP contribution in [0, 0.1) is 0 Å². The molecule has 0 saturated carbocycles. The van der Waals surface area contributed by atoms with Crippen LogP contribution in [0.25, 0.3) is 0 Å². The molecular weight excluding hydrogens is 240 g/mol. The largest absolute Gasteiger partial charge is 0.396 e. The zero-order valence-electron chi connectivity index (χ0n) is 11.8. The first-order chi connectivity index (χ1) is 9.29. The first kappa shape index (κ1) is 13.1. The zero-order chi connectivity index (χ0) is 13.2. The van der Waals surface area contributed by atoms with Gasteiger partial charge in [0, 0.05) is 24.9 Å². The summed E-state index contributed by atoms with van der Waals surface area (Å²) in [4.78, 5) is 2.46. The van der Waals surface area contributed by atoms with Gasteiger partial charge in [-0.2, -0.15) is 0 Å². The van der Waals surface area contributed by atoms with Crippen LogP contribution < -0.4 is 0 Å². The van der Waals surface area contributed by atoms with Crippen molar-refractivity contribution in [2.75, 3.05) is 20.2 Å². The minimum absolute atomic E-state index is 0.194. The Morgan fingerprint density at radius 3 is 2.84 bits per heavy atom. The number of hydrogen-bond donors (Lipinski definition) is 1. The molecule has 2 atom stereocenters. The molecular formula is C14H24N4O. The van der Waals surface area contributed by atoms with E-state index >= 15 is 0 Å². The molecule has 0 radical (unpaired) electrons. The Kier molecular flexibility index (Phi) is 3.84. The number of rotatable bonds is 3. The highest BCUT2D eigenvalue weighted by Crippen LogP contribution is 2.27. The predicted molar refractivity (Wildman–Crippen MR) is 73.1 cm³/mol. The summed E-state index contributed by atoms with van der Waals surface area (Å²) in [6, 6.07) is 0.608. The van der Waals surface area contributed by atoms with Gasteiger partial charge in [0.25, 0.3) is 0 Å². The van der Waals surface area contributed by atoms with Crippen LogP contribution in [-0.2, 0) is 13.0 Å². The average Bonchev–Trinajstić information content (AvgIpc) is 2.84. The highest BCUT2D eigenvalue weighted by Gasteiger charge is 2.27. The lowest BCUT2D eigenvalue weighted by atomic mass is 9.98. The highest BCUT2D eigenvalue weighted by atomic mass is 16.3. The summed E-state index contributed by atoms with van der Waals surface area (Å²) in [5.41, 5.74) is 0. The normalized spacial score (nSPS) is 28.3. The number of likely N-dealkylation sites (N-methyl/N-ethyl adjacent to an activating group) is 1. The third-order valence-corrected chi connectivity index (χ3v) is 4.72. The Balaban J connectivity index is 1.76. The molecule has 0 amide bonds. The second-order valence-electron chi connectivity index (χ2n) is 5.98. The summed E-state index contributed by atoms with van der Waals surface area (Å²) in [5, 5.41) is 18.2. The van der Waals surface area contributed by atoms with E-state index in [0.717, 1.165) is 37.5 Å². The van der Waals surface area contributed by atoms with Gasteiger partial charge in [-0.05, 0) is 39.3 Å². The zero-order valence-corrected chi connectivity index (χ0v) is 11.8. The van der Waals surface area contributed by atoms with Crippen molar-refractivity contribution in [3.8, 4) is 0 Å². The number of aromatic nitrogens is 3. The number of likely N-dealkylation sites (tertiary alicyclic amines) is 1. The smallest absolute Gasteiger partial charge is 0.138 e. The summed E-state index contributed by atoms with van der Waals surface area (Å²) in [5.74, 6) is 2.31. The molecule has 2 aliphatic rings. The standard InChI is InChI=1S/C14H24N4O/c1-17-7-3-2-6-12(17)9-13-15-16-14-11(10-19)5-4-8-18(13)14/h11-12,19H,2-10H2,1H3. The van der Waals surface area contributed by atoms with Crippen molar-refractivity contribution in [3.63, 3.8) is 0 Å². The molecule has 0 spiro atoms. The molecule has 3 rings (SSSR count). The predicted octanol–water partition coefficient (Wildman–Crippen LogP) is 1.17. The second kappa shape index (κ2) is 5.59. The molecule has 3 heterocycles. The van der Waals surface area contributed by atoms with Crippen molar-refractivity contribution in [2.45, 2.75) is 57.0 Å².